The Morgan fingerprint density at radius 3 is 2.42 bits per heavy atom. The van der Waals surface area contributed by atoms with Crippen molar-refractivity contribution in [3.05, 3.63) is 89.5 Å². The molecule has 0 atom stereocenters. The lowest BCUT2D eigenvalue weighted by Crippen LogP contribution is -2.10. The summed E-state index contributed by atoms with van der Waals surface area (Å²) >= 11 is 0. The van der Waals surface area contributed by atoms with E-state index in [0.717, 1.165) is 27.6 Å². The molecule has 0 N–H and O–H groups in total. The number of hydrogen-bond acceptors (Lipinski definition) is 2. The van der Waals surface area contributed by atoms with E-state index in [4.69, 9.17) is 0 Å². The third-order valence-corrected chi connectivity index (χ3v) is 4.27. The number of pyridine rings is 2. The first-order chi connectivity index (χ1) is 11.7. The van der Waals surface area contributed by atoms with E-state index >= 15 is 0 Å². The molecule has 3 heteroatoms. The Hall–Kier alpha value is -3.20. The second-order valence-corrected chi connectivity index (χ2v) is 5.82. The van der Waals surface area contributed by atoms with Gasteiger partial charge in [0.15, 0.2) is 5.43 Å². The minimum Gasteiger partial charge on any atom is -0.350 e. The van der Waals surface area contributed by atoms with Gasteiger partial charge in [-0.3, -0.25) is 9.78 Å². The summed E-state index contributed by atoms with van der Waals surface area (Å²) in [6.45, 7) is 0. The zero-order chi connectivity index (χ0) is 16.5. The lowest BCUT2D eigenvalue weighted by Gasteiger charge is -2.11. The van der Waals surface area contributed by atoms with E-state index in [9.17, 15) is 4.79 Å². The van der Waals surface area contributed by atoms with Crippen LogP contribution in [0.4, 0.5) is 0 Å². The summed E-state index contributed by atoms with van der Waals surface area (Å²) in [6, 6.07) is 19.7. The fraction of sp³-hybridized carbons (Fsp3) is 0.0476. The molecule has 0 aliphatic heterocycles. The maximum atomic E-state index is 13.0. The Morgan fingerprint density at radius 2 is 1.67 bits per heavy atom. The van der Waals surface area contributed by atoms with Gasteiger partial charge in [0.05, 0.1) is 5.52 Å². The van der Waals surface area contributed by atoms with Crippen molar-refractivity contribution < 1.29 is 0 Å². The molecule has 2 aromatic heterocycles. The van der Waals surface area contributed by atoms with E-state index in [-0.39, 0.29) is 5.43 Å². The van der Waals surface area contributed by atoms with Crippen molar-refractivity contribution in [3.8, 4) is 22.3 Å². The minimum absolute atomic E-state index is 0.0556. The van der Waals surface area contributed by atoms with Crippen LogP contribution in [0.2, 0.25) is 0 Å². The maximum Gasteiger partial charge on any atom is 0.197 e. The SMILES string of the molecule is Cn1cc(-c2ccccc2)c(=O)c2cc(-c3cccnc3)ccc21. The molecule has 4 aromatic rings. The second kappa shape index (κ2) is 5.78. The molecule has 0 spiro atoms. The highest BCUT2D eigenvalue weighted by molar-refractivity contribution is 5.88. The van der Waals surface area contributed by atoms with E-state index in [2.05, 4.69) is 4.98 Å². The minimum atomic E-state index is 0.0556. The molecule has 24 heavy (non-hydrogen) atoms. The third-order valence-electron chi connectivity index (χ3n) is 4.27. The summed E-state index contributed by atoms with van der Waals surface area (Å²) < 4.78 is 2.01. The molecule has 4 rings (SSSR count). The number of hydrogen-bond donors (Lipinski definition) is 0. The molecule has 0 amide bonds. The number of aryl methyl sites for hydroxylation is 1. The molecule has 0 saturated carbocycles. The lowest BCUT2D eigenvalue weighted by atomic mass is 10.0. The molecule has 0 saturated heterocycles. The van der Waals surface area contributed by atoms with Gasteiger partial charge in [-0.1, -0.05) is 42.5 Å². The molecule has 0 aliphatic carbocycles. The van der Waals surface area contributed by atoms with Crippen molar-refractivity contribution in [2.75, 3.05) is 0 Å². The highest BCUT2D eigenvalue weighted by atomic mass is 16.1. The number of benzene rings is 2. The third kappa shape index (κ3) is 2.40. The summed E-state index contributed by atoms with van der Waals surface area (Å²) in [4.78, 5) is 17.2. The van der Waals surface area contributed by atoms with Crippen molar-refractivity contribution >= 4 is 10.9 Å². The summed E-state index contributed by atoms with van der Waals surface area (Å²) in [7, 11) is 1.97. The van der Waals surface area contributed by atoms with E-state index in [1.807, 2.05) is 84.7 Å². The molecule has 2 aromatic carbocycles. The molecule has 2 heterocycles. The van der Waals surface area contributed by atoms with E-state index in [0.29, 0.717) is 5.56 Å². The van der Waals surface area contributed by atoms with Crippen molar-refractivity contribution in [2.24, 2.45) is 7.05 Å². The van der Waals surface area contributed by atoms with Gasteiger partial charge in [-0.2, -0.15) is 0 Å². The molecule has 3 nitrogen and oxygen atoms in total. The monoisotopic (exact) mass is 312 g/mol. The standard InChI is InChI=1S/C21H16N2O/c1-23-14-19(15-6-3-2-4-7-15)21(24)18-12-16(9-10-20(18)23)17-8-5-11-22-13-17/h2-14H,1H3. The fourth-order valence-electron chi connectivity index (χ4n) is 3.03. The summed E-state index contributed by atoms with van der Waals surface area (Å²) in [5, 5.41) is 0.722. The zero-order valence-corrected chi connectivity index (χ0v) is 13.3. The quantitative estimate of drug-likeness (QED) is 0.554. The number of rotatable bonds is 2. The van der Waals surface area contributed by atoms with E-state index in [1.54, 1.807) is 6.20 Å². The summed E-state index contributed by atoms with van der Waals surface area (Å²) in [6.07, 6.45) is 5.47. The molecule has 116 valence electrons. The van der Waals surface area contributed by atoms with E-state index < -0.39 is 0 Å². The molecule has 0 unspecified atom stereocenters. The van der Waals surface area contributed by atoms with Gasteiger partial charge in [0.2, 0.25) is 0 Å². The van der Waals surface area contributed by atoms with Crippen LogP contribution in [0.15, 0.2) is 84.0 Å². The normalized spacial score (nSPS) is 10.9. The highest BCUT2D eigenvalue weighted by Crippen LogP contribution is 2.24. The molecule has 0 aliphatic rings. The van der Waals surface area contributed by atoms with Crippen molar-refractivity contribution in [1.82, 2.24) is 9.55 Å². The Bertz CT molecular complexity index is 1070. The van der Waals surface area contributed by atoms with Gasteiger partial charge in [0.1, 0.15) is 0 Å². The van der Waals surface area contributed by atoms with Gasteiger partial charge in [-0.15, -0.1) is 0 Å². The maximum absolute atomic E-state index is 13.0. The number of fused-ring (bicyclic) bond motifs is 1. The van der Waals surface area contributed by atoms with Crippen LogP contribution in [-0.4, -0.2) is 9.55 Å². The predicted octanol–water partition coefficient (Wildman–Crippen LogP) is 4.27. The average molecular weight is 312 g/mol. The van der Waals surface area contributed by atoms with Crippen LogP contribution in [0.3, 0.4) is 0 Å². The van der Waals surface area contributed by atoms with Crippen molar-refractivity contribution in [1.29, 1.82) is 0 Å². The van der Waals surface area contributed by atoms with Crippen LogP contribution in [0.25, 0.3) is 33.2 Å². The van der Waals surface area contributed by atoms with E-state index in [1.165, 1.54) is 0 Å². The van der Waals surface area contributed by atoms with Gasteiger partial charge in [-0.05, 0) is 29.3 Å². The average Bonchev–Trinajstić information content (AvgIpc) is 2.66. The second-order valence-electron chi connectivity index (χ2n) is 5.82. The van der Waals surface area contributed by atoms with Crippen LogP contribution in [0.1, 0.15) is 0 Å². The molecular formula is C21H16N2O. The van der Waals surface area contributed by atoms with Gasteiger partial charge >= 0.3 is 0 Å². The van der Waals surface area contributed by atoms with Gasteiger partial charge < -0.3 is 4.57 Å². The Kier molecular flexibility index (Phi) is 3.47. The van der Waals surface area contributed by atoms with Crippen LogP contribution >= 0.6 is 0 Å². The van der Waals surface area contributed by atoms with Crippen molar-refractivity contribution in [3.63, 3.8) is 0 Å². The highest BCUT2D eigenvalue weighted by Gasteiger charge is 2.10. The van der Waals surface area contributed by atoms with Crippen LogP contribution in [-0.2, 0) is 7.05 Å². The topological polar surface area (TPSA) is 34.9 Å². The van der Waals surface area contributed by atoms with Crippen molar-refractivity contribution in [2.45, 2.75) is 0 Å². The smallest absolute Gasteiger partial charge is 0.197 e. The molecule has 0 radical (unpaired) electrons. The van der Waals surface area contributed by atoms with Crippen LogP contribution < -0.4 is 5.43 Å². The molecule has 0 fully saturated rings. The first-order valence-corrected chi connectivity index (χ1v) is 7.83. The zero-order valence-electron chi connectivity index (χ0n) is 13.3. The first-order valence-electron chi connectivity index (χ1n) is 7.83. The van der Waals surface area contributed by atoms with Gasteiger partial charge in [0.25, 0.3) is 0 Å². The predicted molar refractivity (Wildman–Crippen MR) is 97.9 cm³/mol. The lowest BCUT2D eigenvalue weighted by molar-refractivity contribution is 0.952. The Labute approximate surface area is 139 Å². The molecular weight excluding hydrogens is 296 g/mol. The van der Waals surface area contributed by atoms with Gasteiger partial charge in [0, 0.05) is 42.2 Å². The van der Waals surface area contributed by atoms with Gasteiger partial charge in [-0.25, -0.2) is 0 Å². The van der Waals surface area contributed by atoms with Crippen LogP contribution in [0, 0.1) is 0 Å². The Balaban J connectivity index is 1.99. The molecule has 0 bridgehead atoms. The number of nitrogens with zero attached hydrogens (tertiary/aromatic N) is 2. The largest absolute Gasteiger partial charge is 0.350 e. The Morgan fingerprint density at radius 1 is 0.875 bits per heavy atom. The first kappa shape index (κ1) is 14.4. The summed E-state index contributed by atoms with van der Waals surface area (Å²) in [5.41, 5.74) is 4.64. The van der Waals surface area contributed by atoms with Crippen LogP contribution in [0.5, 0.6) is 0 Å². The summed E-state index contributed by atoms with van der Waals surface area (Å²) in [5.74, 6) is 0. The fourth-order valence-corrected chi connectivity index (χ4v) is 3.03. The number of aromatic nitrogens is 2.